The molecule has 1 unspecified atom stereocenters. The van der Waals surface area contributed by atoms with Crippen molar-refractivity contribution in [2.24, 2.45) is 0 Å². The fourth-order valence-corrected chi connectivity index (χ4v) is 2.56. The third kappa shape index (κ3) is 7.50. The van der Waals surface area contributed by atoms with Crippen LogP contribution in [-0.4, -0.2) is 68.8 Å². The molecular weight excluding hydrogens is 298 g/mol. The van der Waals surface area contributed by atoms with Crippen LogP contribution < -0.4 is 0 Å². The summed E-state index contributed by atoms with van der Waals surface area (Å²) in [6, 6.07) is 0. The average Bonchev–Trinajstić information content (AvgIpc) is 2.90. The van der Waals surface area contributed by atoms with Crippen molar-refractivity contribution in [1.82, 2.24) is 4.90 Å². The third-order valence-corrected chi connectivity index (χ3v) is 3.89. The van der Waals surface area contributed by atoms with Crippen LogP contribution in [0.15, 0.2) is 0 Å². The Hall–Kier alpha value is -0.850. The molecule has 1 aliphatic heterocycles. The Kier molecular flexibility index (Phi) is 8.29. The molecule has 1 fully saturated rings. The first-order valence-electron chi connectivity index (χ1n) is 8.50. The van der Waals surface area contributed by atoms with Gasteiger partial charge in [-0.2, -0.15) is 0 Å². The number of hydrogen-bond donors (Lipinski definition) is 0. The Balaban J connectivity index is 2.31. The van der Waals surface area contributed by atoms with Crippen LogP contribution in [0.1, 0.15) is 47.0 Å². The van der Waals surface area contributed by atoms with E-state index in [2.05, 4.69) is 6.92 Å². The molecule has 6 nitrogen and oxygen atoms in total. The number of hydrogen-bond acceptors (Lipinski definition) is 5. The molecule has 23 heavy (non-hydrogen) atoms. The van der Waals surface area contributed by atoms with Crippen LogP contribution in [0, 0.1) is 0 Å². The molecular formula is C17H33NO5. The molecule has 136 valence electrons. The molecule has 1 amide bonds. The molecule has 0 bridgehead atoms. The van der Waals surface area contributed by atoms with Crippen LogP contribution in [-0.2, 0) is 18.9 Å². The zero-order chi connectivity index (χ0) is 17.3. The number of carbonyl (C=O) groups excluding carboxylic acids is 1. The molecule has 0 N–H and O–H groups in total. The molecule has 0 aliphatic carbocycles. The minimum absolute atomic E-state index is 0.257. The minimum atomic E-state index is -0.467. The second-order valence-electron chi connectivity index (χ2n) is 7.00. The van der Waals surface area contributed by atoms with Gasteiger partial charge in [-0.25, -0.2) is 4.79 Å². The van der Waals surface area contributed by atoms with Crippen molar-refractivity contribution in [2.75, 3.05) is 46.6 Å². The maximum Gasteiger partial charge on any atom is 0.410 e. The highest BCUT2D eigenvalue weighted by Gasteiger charge is 2.40. The molecule has 0 radical (unpaired) electrons. The first-order valence-corrected chi connectivity index (χ1v) is 8.50. The van der Waals surface area contributed by atoms with Crippen LogP contribution in [0.4, 0.5) is 4.79 Å². The summed E-state index contributed by atoms with van der Waals surface area (Å²) in [6.45, 7) is 11.5. The number of amides is 1. The summed E-state index contributed by atoms with van der Waals surface area (Å²) in [5.41, 5.74) is -0.738. The van der Waals surface area contributed by atoms with E-state index in [0.29, 0.717) is 39.5 Å². The lowest BCUT2D eigenvalue weighted by atomic mass is 10.00. The Morgan fingerprint density at radius 1 is 1.17 bits per heavy atom. The highest BCUT2D eigenvalue weighted by molar-refractivity contribution is 5.68. The summed E-state index contributed by atoms with van der Waals surface area (Å²) >= 11 is 0. The standard InChI is InChI=1S/C17H33NO5/c1-6-17(22-13-12-21-11-7-10-20-5)8-9-18(14-17)15(19)23-16(2,3)4/h6-14H2,1-5H3. The largest absolute Gasteiger partial charge is 0.444 e. The summed E-state index contributed by atoms with van der Waals surface area (Å²) in [5, 5.41) is 0. The summed E-state index contributed by atoms with van der Waals surface area (Å²) in [5.74, 6) is 0. The molecule has 1 rings (SSSR count). The van der Waals surface area contributed by atoms with E-state index in [0.717, 1.165) is 19.3 Å². The van der Waals surface area contributed by atoms with Gasteiger partial charge in [0.2, 0.25) is 0 Å². The normalized spacial score (nSPS) is 21.7. The lowest BCUT2D eigenvalue weighted by molar-refractivity contribution is -0.0649. The number of likely N-dealkylation sites (tertiary alicyclic amines) is 1. The first kappa shape index (κ1) is 20.2. The van der Waals surface area contributed by atoms with Gasteiger partial charge in [0.25, 0.3) is 0 Å². The Morgan fingerprint density at radius 2 is 1.91 bits per heavy atom. The smallest absolute Gasteiger partial charge is 0.410 e. The van der Waals surface area contributed by atoms with Gasteiger partial charge < -0.3 is 23.8 Å². The second-order valence-corrected chi connectivity index (χ2v) is 7.00. The average molecular weight is 331 g/mol. The van der Waals surface area contributed by atoms with E-state index in [1.54, 1.807) is 12.0 Å². The lowest BCUT2D eigenvalue weighted by Gasteiger charge is -2.29. The van der Waals surface area contributed by atoms with E-state index in [1.807, 2.05) is 20.8 Å². The van der Waals surface area contributed by atoms with Crippen molar-refractivity contribution in [2.45, 2.75) is 58.2 Å². The Morgan fingerprint density at radius 3 is 2.52 bits per heavy atom. The van der Waals surface area contributed by atoms with Crippen LogP contribution in [0.3, 0.4) is 0 Å². The van der Waals surface area contributed by atoms with Crippen LogP contribution >= 0.6 is 0 Å². The number of methoxy groups -OCH3 is 1. The SMILES string of the molecule is CCC1(OCCOCCCOC)CCN(C(=O)OC(C)(C)C)C1. The van der Waals surface area contributed by atoms with Crippen LogP contribution in [0.5, 0.6) is 0 Å². The Bertz CT molecular complexity index is 355. The van der Waals surface area contributed by atoms with Crippen LogP contribution in [0.25, 0.3) is 0 Å². The number of carbonyl (C=O) groups is 1. The van der Waals surface area contributed by atoms with Crippen molar-refractivity contribution >= 4 is 6.09 Å². The quantitative estimate of drug-likeness (QED) is 0.608. The van der Waals surface area contributed by atoms with E-state index in [1.165, 1.54) is 0 Å². The van der Waals surface area contributed by atoms with E-state index < -0.39 is 5.60 Å². The topological polar surface area (TPSA) is 57.2 Å². The predicted octanol–water partition coefficient (Wildman–Crippen LogP) is 2.85. The summed E-state index contributed by atoms with van der Waals surface area (Å²) in [4.78, 5) is 13.9. The number of rotatable bonds is 9. The predicted molar refractivity (Wildman–Crippen MR) is 88.7 cm³/mol. The molecule has 1 heterocycles. The van der Waals surface area contributed by atoms with Gasteiger partial charge >= 0.3 is 6.09 Å². The van der Waals surface area contributed by atoms with E-state index >= 15 is 0 Å². The van der Waals surface area contributed by atoms with Gasteiger partial charge in [0.05, 0.1) is 25.4 Å². The fourth-order valence-electron chi connectivity index (χ4n) is 2.56. The van der Waals surface area contributed by atoms with E-state index in [9.17, 15) is 4.79 Å². The summed E-state index contributed by atoms with van der Waals surface area (Å²) in [6.07, 6.45) is 2.34. The maximum atomic E-state index is 12.2. The van der Waals surface area contributed by atoms with Gasteiger partial charge in [-0.15, -0.1) is 0 Å². The fraction of sp³-hybridized carbons (Fsp3) is 0.941. The van der Waals surface area contributed by atoms with Gasteiger partial charge in [0.15, 0.2) is 0 Å². The number of ether oxygens (including phenoxy) is 4. The second kappa shape index (κ2) is 9.45. The molecule has 6 heteroatoms. The first-order chi connectivity index (χ1) is 10.8. The van der Waals surface area contributed by atoms with Gasteiger partial charge in [-0.1, -0.05) is 6.92 Å². The van der Waals surface area contributed by atoms with Crippen molar-refractivity contribution < 1.29 is 23.7 Å². The zero-order valence-electron chi connectivity index (χ0n) is 15.4. The third-order valence-electron chi connectivity index (χ3n) is 3.89. The maximum absolute atomic E-state index is 12.2. The van der Waals surface area contributed by atoms with E-state index in [-0.39, 0.29) is 11.7 Å². The van der Waals surface area contributed by atoms with Gasteiger partial charge in [-0.05, 0) is 40.0 Å². The van der Waals surface area contributed by atoms with Crippen molar-refractivity contribution in [3.05, 3.63) is 0 Å². The molecule has 0 aromatic heterocycles. The molecule has 0 aromatic carbocycles. The van der Waals surface area contributed by atoms with E-state index in [4.69, 9.17) is 18.9 Å². The highest BCUT2D eigenvalue weighted by atomic mass is 16.6. The zero-order valence-corrected chi connectivity index (χ0v) is 15.4. The molecule has 1 saturated heterocycles. The Labute approximate surface area is 140 Å². The summed E-state index contributed by atoms with van der Waals surface area (Å²) in [7, 11) is 1.69. The minimum Gasteiger partial charge on any atom is -0.444 e. The van der Waals surface area contributed by atoms with Gasteiger partial charge in [0, 0.05) is 26.9 Å². The molecule has 1 atom stereocenters. The highest BCUT2D eigenvalue weighted by Crippen LogP contribution is 2.29. The molecule has 0 aromatic rings. The monoisotopic (exact) mass is 331 g/mol. The number of nitrogens with zero attached hydrogens (tertiary/aromatic N) is 1. The lowest BCUT2D eigenvalue weighted by Crippen LogP contribution is -2.40. The van der Waals surface area contributed by atoms with Crippen LogP contribution in [0.2, 0.25) is 0 Å². The molecule has 0 spiro atoms. The van der Waals surface area contributed by atoms with Crippen molar-refractivity contribution in [3.63, 3.8) is 0 Å². The van der Waals surface area contributed by atoms with Crippen molar-refractivity contribution in [1.29, 1.82) is 0 Å². The van der Waals surface area contributed by atoms with Gasteiger partial charge in [0.1, 0.15) is 5.60 Å². The molecule has 0 saturated carbocycles. The van der Waals surface area contributed by atoms with Crippen molar-refractivity contribution in [3.8, 4) is 0 Å². The van der Waals surface area contributed by atoms with Gasteiger partial charge in [-0.3, -0.25) is 0 Å². The summed E-state index contributed by atoms with van der Waals surface area (Å²) < 4.78 is 22.0. The molecule has 1 aliphatic rings.